The van der Waals surface area contributed by atoms with Crippen molar-refractivity contribution < 1.29 is 13.9 Å². The third-order valence-corrected chi connectivity index (χ3v) is 2.75. The van der Waals surface area contributed by atoms with Crippen molar-refractivity contribution in [2.24, 2.45) is 0 Å². The van der Waals surface area contributed by atoms with E-state index in [-0.39, 0.29) is 11.9 Å². The van der Waals surface area contributed by atoms with Gasteiger partial charge in [-0.15, -0.1) is 0 Å². The molecule has 0 radical (unpaired) electrons. The first kappa shape index (κ1) is 17.4. The summed E-state index contributed by atoms with van der Waals surface area (Å²) < 4.78 is 18.0. The second kappa shape index (κ2) is 7.98. The van der Waals surface area contributed by atoms with E-state index in [0.717, 1.165) is 25.1 Å². The molecule has 0 aliphatic rings. The van der Waals surface area contributed by atoms with Crippen LogP contribution in [0.15, 0.2) is 24.3 Å². The molecule has 0 unspecified atom stereocenters. The zero-order chi connectivity index (χ0) is 15.9. The second-order valence-corrected chi connectivity index (χ2v) is 6.15. The molecule has 1 aromatic rings. The van der Waals surface area contributed by atoms with Gasteiger partial charge in [0.2, 0.25) is 0 Å². The Morgan fingerprint density at radius 2 is 1.90 bits per heavy atom. The summed E-state index contributed by atoms with van der Waals surface area (Å²) in [5.41, 5.74) is 0.600. The van der Waals surface area contributed by atoms with Crippen LogP contribution in [0.2, 0.25) is 0 Å². The van der Waals surface area contributed by atoms with Gasteiger partial charge in [0, 0.05) is 13.1 Å². The zero-order valence-electron chi connectivity index (χ0n) is 13.3. The summed E-state index contributed by atoms with van der Waals surface area (Å²) in [5.74, 6) is -0.219. The maximum absolute atomic E-state index is 12.8. The van der Waals surface area contributed by atoms with Gasteiger partial charge in [-0.05, 0) is 58.5 Å². The van der Waals surface area contributed by atoms with Crippen LogP contribution in [0, 0.1) is 5.82 Å². The summed E-state index contributed by atoms with van der Waals surface area (Å²) in [6, 6.07) is 6.50. The molecule has 0 aliphatic heterocycles. The summed E-state index contributed by atoms with van der Waals surface area (Å²) in [5, 5.41) is 2.73. The van der Waals surface area contributed by atoms with Crippen LogP contribution in [0.4, 0.5) is 9.18 Å². The van der Waals surface area contributed by atoms with Crippen molar-refractivity contribution in [2.75, 3.05) is 20.1 Å². The van der Waals surface area contributed by atoms with Crippen LogP contribution in [-0.4, -0.2) is 36.7 Å². The SMILES string of the molecule is CN(CCCNC(=O)OC(C)(C)C)Cc1ccc(F)cc1. The van der Waals surface area contributed by atoms with Crippen LogP contribution in [-0.2, 0) is 11.3 Å². The van der Waals surface area contributed by atoms with E-state index in [9.17, 15) is 9.18 Å². The van der Waals surface area contributed by atoms with Crippen LogP contribution in [0.1, 0.15) is 32.8 Å². The summed E-state index contributed by atoms with van der Waals surface area (Å²) in [6.45, 7) is 7.68. The molecular weight excluding hydrogens is 271 g/mol. The summed E-state index contributed by atoms with van der Waals surface area (Å²) in [7, 11) is 2.00. The number of ether oxygens (including phenoxy) is 1. The lowest BCUT2D eigenvalue weighted by molar-refractivity contribution is 0.0526. The van der Waals surface area contributed by atoms with Crippen molar-refractivity contribution in [2.45, 2.75) is 39.3 Å². The molecule has 1 aromatic carbocycles. The van der Waals surface area contributed by atoms with Gasteiger partial charge in [0.25, 0.3) is 0 Å². The van der Waals surface area contributed by atoms with Crippen LogP contribution in [0.25, 0.3) is 0 Å². The molecule has 5 heteroatoms. The first-order chi connectivity index (χ1) is 9.76. The topological polar surface area (TPSA) is 41.6 Å². The molecule has 21 heavy (non-hydrogen) atoms. The summed E-state index contributed by atoms with van der Waals surface area (Å²) in [6.07, 6.45) is 0.445. The van der Waals surface area contributed by atoms with Crippen LogP contribution < -0.4 is 5.32 Å². The minimum atomic E-state index is -0.469. The third kappa shape index (κ3) is 8.30. The van der Waals surface area contributed by atoms with E-state index < -0.39 is 5.60 Å². The summed E-state index contributed by atoms with van der Waals surface area (Å²) in [4.78, 5) is 13.6. The Morgan fingerprint density at radius 3 is 2.48 bits per heavy atom. The van der Waals surface area contributed by atoms with E-state index in [0.29, 0.717) is 6.54 Å². The normalized spacial score (nSPS) is 11.5. The molecule has 0 saturated heterocycles. The van der Waals surface area contributed by atoms with E-state index in [4.69, 9.17) is 4.74 Å². The quantitative estimate of drug-likeness (QED) is 0.820. The summed E-state index contributed by atoms with van der Waals surface area (Å²) >= 11 is 0. The van der Waals surface area contributed by atoms with Crippen molar-refractivity contribution in [1.82, 2.24) is 10.2 Å². The van der Waals surface area contributed by atoms with E-state index in [1.54, 1.807) is 12.1 Å². The van der Waals surface area contributed by atoms with Crippen LogP contribution in [0.3, 0.4) is 0 Å². The molecule has 1 amide bonds. The highest BCUT2D eigenvalue weighted by Gasteiger charge is 2.15. The van der Waals surface area contributed by atoms with Crippen LogP contribution in [0.5, 0.6) is 0 Å². The average molecular weight is 296 g/mol. The lowest BCUT2D eigenvalue weighted by atomic mass is 10.2. The molecule has 1 rings (SSSR count). The minimum absolute atomic E-state index is 0.219. The van der Waals surface area contributed by atoms with E-state index in [1.807, 2.05) is 27.8 Å². The Hall–Kier alpha value is -1.62. The first-order valence-electron chi connectivity index (χ1n) is 7.16. The Bertz CT molecular complexity index is 441. The van der Waals surface area contributed by atoms with Crippen molar-refractivity contribution >= 4 is 6.09 Å². The molecule has 0 atom stereocenters. The fourth-order valence-corrected chi connectivity index (χ4v) is 1.83. The zero-order valence-corrected chi connectivity index (χ0v) is 13.3. The molecule has 1 N–H and O–H groups in total. The predicted octanol–water partition coefficient (Wildman–Crippen LogP) is 3.17. The predicted molar refractivity (Wildman–Crippen MR) is 81.6 cm³/mol. The van der Waals surface area contributed by atoms with Crippen molar-refractivity contribution in [3.8, 4) is 0 Å². The minimum Gasteiger partial charge on any atom is -0.444 e. The van der Waals surface area contributed by atoms with Gasteiger partial charge in [0.15, 0.2) is 0 Å². The number of carbonyl (C=O) groups excluding carboxylic acids is 1. The molecule has 4 nitrogen and oxygen atoms in total. The monoisotopic (exact) mass is 296 g/mol. The molecule has 0 aromatic heterocycles. The lowest BCUT2D eigenvalue weighted by Crippen LogP contribution is -2.34. The van der Waals surface area contributed by atoms with Gasteiger partial charge in [-0.3, -0.25) is 0 Å². The van der Waals surface area contributed by atoms with Gasteiger partial charge < -0.3 is 15.0 Å². The Kier molecular flexibility index (Phi) is 6.62. The Morgan fingerprint density at radius 1 is 1.29 bits per heavy atom. The van der Waals surface area contributed by atoms with Gasteiger partial charge in [0.1, 0.15) is 11.4 Å². The number of amides is 1. The highest BCUT2D eigenvalue weighted by molar-refractivity contribution is 5.67. The molecule has 118 valence electrons. The number of hydrogen-bond acceptors (Lipinski definition) is 3. The Balaban J connectivity index is 2.17. The van der Waals surface area contributed by atoms with E-state index >= 15 is 0 Å². The molecule has 0 aliphatic carbocycles. The molecule has 0 spiro atoms. The number of alkyl carbamates (subject to hydrolysis) is 1. The number of carbonyl (C=O) groups is 1. The molecule has 0 saturated carbocycles. The van der Waals surface area contributed by atoms with Crippen molar-refractivity contribution in [1.29, 1.82) is 0 Å². The smallest absolute Gasteiger partial charge is 0.407 e. The van der Waals surface area contributed by atoms with E-state index in [1.165, 1.54) is 12.1 Å². The molecule has 0 heterocycles. The first-order valence-corrected chi connectivity index (χ1v) is 7.16. The highest BCUT2D eigenvalue weighted by Crippen LogP contribution is 2.07. The van der Waals surface area contributed by atoms with Gasteiger partial charge in [-0.1, -0.05) is 12.1 Å². The molecule has 0 fully saturated rings. The number of benzene rings is 1. The fraction of sp³-hybridized carbons (Fsp3) is 0.562. The van der Waals surface area contributed by atoms with Gasteiger partial charge in [-0.2, -0.15) is 0 Å². The third-order valence-electron chi connectivity index (χ3n) is 2.75. The second-order valence-electron chi connectivity index (χ2n) is 6.15. The van der Waals surface area contributed by atoms with Crippen molar-refractivity contribution in [3.05, 3.63) is 35.6 Å². The van der Waals surface area contributed by atoms with Gasteiger partial charge in [-0.25, -0.2) is 9.18 Å². The van der Waals surface area contributed by atoms with Gasteiger partial charge >= 0.3 is 6.09 Å². The fourth-order valence-electron chi connectivity index (χ4n) is 1.83. The average Bonchev–Trinajstić information content (AvgIpc) is 2.35. The number of halogens is 1. The Labute approximate surface area is 126 Å². The standard InChI is InChI=1S/C16H25FN2O2/c1-16(2,3)21-15(20)18-10-5-11-19(4)12-13-6-8-14(17)9-7-13/h6-9H,5,10-12H2,1-4H3,(H,18,20). The molecular formula is C16H25FN2O2. The number of hydrogen-bond donors (Lipinski definition) is 1. The largest absolute Gasteiger partial charge is 0.444 e. The highest BCUT2D eigenvalue weighted by atomic mass is 19.1. The van der Waals surface area contributed by atoms with Gasteiger partial charge in [0.05, 0.1) is 0 Å². The number of nitrogens with one attached hydrogen (secondary N) is 1. The number of nitrogens with zero attached hydrogens (tertiary/aromatic N) is 1. The lowest BCUT2D eigenvalue weighted by Gasteiger charge is -2.20. The van der Waals surface area contributed by atoms with E-state index in [2.05, 4.69) is 10.2 Å². The van der Waals surface area contributed by atoms with Crippen molar-refractivity contribution in [3.63, 3.8) is 0 Å². The van der Waals surface area contributed by atoms with Crippen LogP contribution >= 0.6 is 0 Å². The maximum Gasteiger partial charge on any atom is 0.407 e. The molecule has 0 bridgehead atoms. The maximum atomic E-state index is 12.8. The number of rotatable bonds is 6.